The molecule has 0 bridgehead atoms. The summed E-state index contributed by atoms with van der Waals surface area (Å²) >= 11 is 0. The lowest BCUT2D eigenvalue weighted by atomic mass is 10.0. The number of carbonyl (C=O) groups is 2. The Hall–Kier alpha value is -2.34. The smallest absolute Gasteiger partial charge is 0.347 e. The third-order valence-electron chi connectivity index (χ3n) is 6.24. The lowest BCUT2D eigenvalue weighted by Gasteiger charge is -2.38. The fraction of sp³-hybridized carbons (Fsp3) is 0.619. The highest BCUT2D eigenvalue weighted by Crippen LogP contribution is 2.37. The molecule has 3 fully saturated rings. The zero-order chi connectivity index (χ0) is 24.0. The summed E-state index contributed by atoms with van der Waals surface area (Å²) in [6.07, 6.45) is -9.09. The maximum absolute atomic E-state index is 13.1. The van der Waals surface area contributed by atoms with E-state index < -0.39 is 47.6 Å². The molecule has 0 N–H and O–H groups in total. The molecule has 1 aromatic rings. The van der Waals surface area contributed by atoms with Crippen LogP contribution >= 0.6 is 0 Å². The van der Waals surface area contributed by atoms with Gasteiger partial charge in [0, 0.05) is 45.4 Å². The Bertz CT molecular complexity index is 884. The van der Waals surface area contributed by atoms with Crippen molar-refractivity contribution in [1.82, 2.24) is 9.80 Å². The topological polar surface area (TPSA) is 59.1 Å². The van der Waals surface area contributed by atoms with Crippen molar-refractivity contribution in [2.24, 2.45) is 5.92 Å². The Morgan fingerprint density at radius 3 is 2.03 bits per heavy atom. The number of halogens is 6. The highest BCUT2D eigenvalue weighted by atomic mass is 19.4. The second kappa shape index (κ2) is 8.46. The van der Waals surface area contributed by atoms with Crippen molar-refractivity contribution < 1.29 is 45.4 Å². The van der Waals surface area contributed by atoms with Crippen LogP contribution in [0.15, 0.2) is 18.2 Å². The second-order valence-corrected chi connectivity index (χ2v) is 8.52. The zero-order valence-corrected chi connectivity index (χ0v) is 17.5. The molecule has 0 saturated carbocycles. The van der Waals surface area contributed by atoms with Gasteiger partial charge in [0.1, 0.15) is 0 Å². The van der Waals surface area contributed by atoms with Crippen LogP contribution in [-0.4, -0.2) is 60.2 Å². The standard InChI is InChI=1S/C21H22F6N2O4/c22-20(23,24)15-7-13(8-16(10-15)21(25,26)27)11-29-12-14(9-17(29)30)18(31)28-3-1-19(2-4-28)32-5-6-33-19/h7-8,10,14H,1-6,9,11-12H2/t14-/m0/s1. The zero-order valence-electron chi connectivity index (χ0n) is 17.5. The molecular weight excluding hydrogens is 458 g/mol. The summed E-state index contributed by atoms with van der Waals surface area (Å²) in [6.45, 7) is 1.24. The van der Waals surface area contributed by atoms with Crippen LogP contribution in [0.1, 0.15) is 36.0 Å². The summed E-state index contributed by atoms with van der Waals surface area (Å²) in [5.41, 5.74) is -3.18. The van der Waals surface area contributed by atoms with E-state index in [-0.39, 0.29) is 30.5 Å². The molecule has 1 atom stereocenters. The van der Waals surface area contributed by atoms with Gasteiger partial charge in [0.05, 0.1) is 30.3 Å². The first-order valence-corrected chi connectivity index (χ1v) is 10.5. The van der Waals surface area contributed by atoms with Crippen molar-refractivity contribution in [2.75, 3.05) is 32.8 Å². The number of nitrogens with zero attached hydrogens (tertiary/aromatic N) is 2. The van der Waals surface area contributed by atoms with E-state index in [1.54, 1.807) is 4.90 Å². The first-order chi connectivity index (χ1) is 15.4. The van der Waals surface area contributed by atoms with Crippen LogP contribution in [0.3, 0.4) is 0 Å². The summed E-state index contributed by atoms with van der Waals surface area (Å²) in [7, 11) is 0. The maximum Gasteiger partial charge on any atom is 0.416 e. The Morgan fingerprint density at radius 2 is 1.52 bits per heavy atom. The van der Waals surface area contributed by atoms with Gasteiger partial charge in [0.15, 0.2) is 5.79 Å². The van der Waals surface area contributed by atoms with E-state index in [0.717, 1.165) is 4.90 Å². The molecule has 3 aliphatic rings. The van der Waals surface area contributed by atoms with Crippen molar-refractivity contribution in [3.05, 3.63) is 34.9 Å². The molecule has 0 unspecified atom stereocenters. The van der Waals surface area contributed by atoms with Crippen LogP contribution in [0, 0.1) is 5.92 Å². The van der Waals surface area contributed by atoms with Gasteiger partial charge in [-0.15, -0.1) is 0 Å². The monoisotopic (exact) mass is 480 g/mol. The predicted molar refractivity (Wildman–Crippen MR) is 100 cm³/mol. The second-order valence-electron chi connectivity index (χ2n) is 8.52. The summed E-state index contributed by atoms with van der Waals surface area (Å²) < 4.78 is 89.8. The van der Waals surface area contributed by atoms with Gasteiger partial charge >= 0.3 is 12.4 Å². The van der Waals surface area contributed by atoms with Crippen LogP contribution in [0.2, 0.25) is 0 Å². The van der Waals surface area contributed by atoms with Gasteiger partial charge in [-0.05, 0) is 23.8 Å². The van der Waals surface area contributed by atoms with E-state index in [0.29, 0.717) is 51.3 Å². The molecular formula is C21H22F6N2O4. The average molecular weight is 480 g/mol. The SMILES string of the molecule is O=C1C[C@H](C(=O)N2CCC3(CC2)OCCO3)CN1Cc1cc(C(F)(F)F)cc(C(F)(F)F)c1. The van der Waals surface area contributed by atoms with Gasteiger partial charge < -0.3 is 19.3 Å². The molecule has 0 aliphatic carbocycles. The fourth-order valence-electron chi connectivity index (χ4n) is 4.53. The van der Waals surface area contributed by atoms with Crippen molar-refractivity contribution in [3.8, 4) is 0 Å². The van der Waals surface area contributed by atoms with Gasteiger partial charge in [-0.3, -0.25) is 9.59 Å². The summed E-state index contributed by atoms with van der Waals surface area (Å²) in [6, 6.07) is 1.25. The van der Waals surface area contributed by atoms with Crippen molar-refractivity contribution in [2.45, 2.75) is 43.9 Å². The van der Waals surface area contributed by atoms with Crippen LogP contribution < -0.4 is 0 Å². The first-order valence-electron chi connectivity index (χ1n) is 10.5. The van der Waals surface area contributed by atoms with Crippen LogP contribution in [0.25, 0.3) is 0 Å². The number of amides is 2. The van der Waals surface area contributed by atoms with E-state index in [1.807, 2.05) is 0 Å². The quantitative estimate of drug-likeness (QED) is 0.623. The largest absolute Gasteiger partial charge is 0.416 e. The molecule has 4 rings (SSSR count). The molecule has 3 aliphatic heterocycles. The number of hydrogen-bond acceptors (Lipinski definition) is 4. The van der Waals surface area contributed by atoms with E-state index in [2.05, 4.69) is 0 Å². The van der Waals surface area contributed by atoms with Gasteiger partial charge in [-0.1, -0.05) is 0 Å². The van der Waals surface area contributed by atoms with Crippen molar-refractivity contribution in [3.63, 3.8) is 0 Å². The molecule has 1 spiro atoms. The molecule has 6 nitrogen and oxygen atoms in total. The van der Waals surface area contributed by atoms with E-state index >= 15 is 0 Å². The Morgan fingerprint density at radius 1 is 0.970 bits per heavy atom. The molecule has 12 heteroatoms. The summed E-state index contributed by atoms with van der Waals surface area (Å²) in [5, 5.41) is 0. The first kappa shape index (κ1) is 23.8. The molecule has 1 aromatic carbocycles. The van der Waals surface area contributed by atoms with E-state index in [9.17, 15) is 35.9 Å². The number of alkyl halides is 6. The molecule has 0 radical (unpaired) electrons. The van der Waals surface area contributed by atoms with Crippen molar-refractivity contribution >= 4 is 11.8 Å². The van der Waals surface area contributed by atoms with Gasteiger partial charge in [-0.25, -0.2) is 0 Å². The number of carbonyl (C=O) groups excluding carboxylic acids is 2. The Labute approximate surface area is 185 Å². The number of hydrogen-bond donors (Lipinski definition) is 0. The third kappa shape index (κ3) is 5.11. The third-order valence-corrected chi connectivity index (χ3v) is 6.24. The highest BCUT2D eigenvalue weighted by Gasteiger charge is 2.44. The molecule has 33 heavy (non-hydrogen) atoms. The van der Waals surface area contributed by atoms with Crippen LogP contribution in [0.5, 0.6) is 0 Å². The van der Waals surface area contributed by atoms with Gasteiger partial charge in [-0.2, -0.15) is 26.3 Å². The fourth-order valence-corrected chi connectivity index (χ4v) is 4.53. The molecule has 0 aromatic heterocycles. The van der Waals surface area contributed by atoms with Gasteiger partial charge in [0.25, 0.3) is 0 Å². The number of rotatable bonds is 3. The molecule has 182 valence electrons. The van der Waals surface area contributed by atoms with E-state index in [4.69, 9.17) is 9.47 Å². The normalized spacial score (nSPS) is 23.6. The minimum atomic E-state index is -4.97. The molecule has 3 heterocycles. The number of ether oxygens (including phenoxy) is 2. The van der Waals surface area contributed by atoms with E-state index in [1.165, 1.54) is 0 Å². The summed E-state index contributed by atoms with van der Waals surface area (Å²) in [5.74, 6) is -2.13. The minimum Gasteiger partial charge on any atom is -0.347 e. The van der Waals surface area contributed by atoms with Gasteiger partial charge in [0.2, 0.25) is 11.8 Å². The maximum atomic E-state index is 13.1. The summed E-state index contributed by atoms with van der Waals surface area (Å²) in [4.78, 5) is 28.0. The van der Waals surface area contributed by atoms with Crippen LogP contribution in [-0.2, 0) is 38.0 Å². The molecule has 3 saturated heterocycles. The Kier molecular flexibility index (Phi) is 6.10. The van der Waals surface area contributed by atoms with Crippen LogP contribution in [0.4, 0.5) is 26.3 Å². The Balaban J connectivity index is 1.43. The van der Waals surface area contributed by atoms with Crippen molar-refractivity contribution in [1.29, 1.82) is 0 Å². The number of benzene rings is 1. The lowest BCUT2D eigenvalue weighted by Crippen LogP contribution is -2.49. The number of piperidine rings is 1. The number of likely N-dealkylation sites (tertiary alicyclic amines) is 2. The lowest BCUT2D eigenvalue weighted by molar-refractivity contribution is -0.188. The molecule has 2 amide bonds. The minimum absolute atomic E-state index is 0.0442. The predicted octanol–water partition coefficient (Wildman–Crippen LogP) is 3.44. The highest BCUT2D eigenvalue weighted by molar-refractivity contribution is 5.89. The average Bonchev–Trinajstić information content (AvgIpc) is 3.33.